The molecular formula is C19H27F3N4O2. The van der Waals surface area contributed by atoms with Crippen molar-refractivity contribution in [2.75, 3.05) is 40.3 Å². The van der Waals surface area contributed by atoms with E-state index in [4.69, 9.17) is 4.74 Å². The molecule has 1 unspecified atom stereocenters. The number of benzene rings is 1. The van der Waals surface area contributed by atoms with Gasteiger partial charge in [-0.1, -0.05) is 12.1 Å². The second-order valence-electron chi connectivity index (χ2n) is 7.29. The molecule has 1 aromatic carbocycles. The number of hydrogen-bond donors (Lipinski definition) is 2. The van der Waals surface area contributed by atoms with Gasteiger partial charge >= 0.3 is 6.18 Å². The normalized spacial score (nSPS) is 18.8. The number of morpholine rings is 1. The van der Waals surface area contributed by atoms with Crippen LogP contribution in [0, 0.1) is 5.41 Å². The molecule has 2 rings (SSSR count). The maximum absolute atomic E-state index is 13.0. The van der Waals surface area contributed by atoms with Gasteiger partial charge < -0.3 is 20.3 Å². The van der Waals surface area contributed by atoms with Crippen LogP contribution in [0.15, 0.2) is 29.3 Å². The van der Waals surface area contributed by atoms with Crippen molar-refractivity contribution in [3.8, 4) is 0 Å². The summed E-state index contributed by atoms with van der Waals surface area (Å²) in [7, 11) is 3.21. The van der Waals surface area contributed by atoms with Crippen LogP contribution in [0.3, 0.4) is 0 Å². The van der Waals surface area contributed by atoms with Crippen LogP contribution in [-0.4, -0.2) is 57.1 Å². The van der Waals surface area contributed by atoms with Crippen molar-refractivity contribution in [1.29, 1.82) is 0 Å². The van der Waals surface area contributed by atoms with Gasteiger partial charge in [0.25, 0.3) is 0 Å². The van der Waals surface area contributed by atoms with Crippen molar-refractivity contribution in [3.63, 3.8) is 0 Å². The average molecular weight is 400 g/mol. The second kappa shape index (κ2) is 8.81. The number of nitrogens with zero attached hydrogens (tertiary/aromatic N) is 2. The van der Waals surface area contributed by atoms with Gasteiger partial charge in [-0.25, -0.2) is 0 Å². The van der Waals surface area contributed by atoms with Gasteiger partial charge in [0, 0.05) is 27.2 Å². The van der Waals surface area contributed by atoms with E-state index in [0.29, 0.717) is 37.8 Å². The minimum atomic E-state index is -4.40. The van der Waals surface area contributed by atoms with E-state index in [1.807, 2.05) is 18.7 Å². The predicted octanol–water partition coefficient (Wildman–Crippen LogP) is 2.43. The fourth-order valence-electron chi connectivity index (χ4n) is 3.01. The molecular weight excluding hydrogens is 373 g/mol. The summed E-state index contributed by atoms with van der Waals surface area (Å²) < 4.78 is 44.7. The number of ether oxygens (including phenoxy) is 1. The minimum absolute atomic E-state index is 0.0979. The van der Waals surface area contributed by atoms with Crippen LogP contribution in [-0.2, 0) is 15.7 Å². The van der Waals surface area contributed by atoms with Gasteiger partial charge in [0.15, 0.2) is 5.96 Å². The minimum Gasteiger partial charge on any atom is -0.370 e. The van der Waals surface area contributed by atoms with Crippen LogP contribution in [0.2, 0.25) is 0 Å². The van der Waals surface area contributed by atoms with Crippen molar-refractivity contribution < 1.29 is 22.7 Å². The highest BCUT2D eigenvalue weighted by molar-refractivity contribution is 5.84. The lowest BCUT2D eigenvalue weighted by Gasteiger charge is -2.36. The summed E-state index contributed by atoms with van der Waals surface area (Å²) in [4.78, 5) is 18.1. The summed E-state index contributed by atoms with van der Waals surface area (Å²) in [5.41, 5.74) is -0.863. The molecule has 0 bridgehead atoms. The van der Waals surface area contributed by atoms with Crippen molar-refractivity contribution in [3.05, 3.63) is 35.4 Å². The highest BCUT2D eigenvalue weighted by atomic mass is 19.4. The fourth-order valence-corrected chi connectivity index (χ4v) is 3.01. The van der Waals surface area contributed by atoms with E-state index in [1.54, 1.807) is 20.2 Å². The monoisotopic (exact) mass is 400 g/mol. The van der Waals surface area contributed by atoms with Crippen molar-refractivity contribution in [2.45, 2.75) is 26.1 Å². The third-order valence-corrected chi connectivity index (χ3v) is 4.69. The molecule has 156 valence electrons. The first-order chi connectivity index (χ1) is 13.1. The Hall–Kier alpha value is -2.29. The van der Waals surface area contributed by atoms with Crippen LogP contribution >= 0.6 is 0 Å². The standard InChI is InChI=1S/C19H27F3N4O2/c1-18(2,16(27)23-3)12-25-17(24-4)26-8-9-28-15(11-26)13-6-5-7-14(10-13)19(20,21)22/h5-7,10,15H,8-9,11-12H2,1-4H3,(H,23,27)(H,24,25). The number of rotatable bonds is 4. The summed E-state index contributed by atoms with van der Waals surface area (Å²) in [5, 5.41) is 5.81. The summed E-state index contributed by atoms with van der Waals surface area (Å²) in [6, 6.07) is 5.19. The van der Waals surface area contributed by atoms with Crippen molar-refractivity contribution in [2.24, 2.45) is 10.4 Å². The van der Waals surface area contributed by atoms with E-state index < -0.39 is 23.3 Å². The van der Waals surface area contributed by atoms with E-state index in [9.17, 15) is 18.0 Å². The van der Waals surface area contributed by atoms with Crippen LogP contribution in [0.4, 0.5) is 13.2 Å². The Morgan fingerprint density at radius 2 is 2.07 bits per heavy atom. The molecule has 0 spiro atoms. The van der Waals surface area contributed by atoms with E-state index in [1.165, 1.54) is 6.07 Å². The Bertz CT molecular complexity index is 719. The van der Waals surface area contributed by atoms with E-state index in [0.717, 1.165) is 12.1 Å². The number of nitrogens with one attached hydrogen (secondary N) is 2. The van der Waals surface area contributed by atoms with Gasteiger partial charge in [0.05, 0.1) is 24.1 Å². The Kier molecular flexibility index (Phi) is 6.92. The van der Waals surface area contributed by atoms with E-state index >= 15 is 0 Å². The highest BCUT2D eigenvalue weighted by Crippen LogP contribution is 2.32. The third-order valence-electron chi connectivity index (χ3n) is 4.69. The Morgan fingerprint density at radius 1 is 1.36 bits per heavy atom. The van der Waals surface area contributed by atoms with Gasteiger partial charge in [-0.2, -0.15) is 13.2 Å². The van der Waals surface area contributed by atoms with E-state index in [2.05, 4.69) is 15.6 Å². The molecule has 6 nitrogen and oxygen atoms in total. The van der Waals surface area contributed by atoms with Gasteiger partial charge in [-0.15, -0.1) is 0 Å². The molecule has 1 atom stereocenters. The Balaban J connectivity index is 2.08. The van der Waals surface area contributed by atoms with Gasteiger partial charge in [0.2, 0.25) is 5.91 Å². The molecule has 0 aromatic heterocycles. The highest BCUT2D eigenvalue weighted by Gasteiger charge is 2.32. The van der Waals surface area contributed by atoms with Crippen LogP contribution in [0.25, 0.3) is 0 Å². The molecule has 0 aliphatic carbocycles. The van der Waals surface area contributed by atoms with Gasteiger partial charge in [0.1, 0.15) is 6.10 Å². The van der Waals surface area contributed by atoms with Crippen LogP contribution < -0.4 is 10.6 Å². The molecule has 2 N–H and O–H groups in total. The fraction of sp³-hybridized carbons (Fsp3) is 0.579. The number of guanidine groups is 1. The zero-order chi connectivity index (χ0) is 20.9. The van der Waals surface area contributed by atoms with Crippen molar-refractivity contribution in [1.82, 2.24) is 15.5 Å². The van der Waals surface area contributed by atoms with Crippen LogP contribution in [0.1, 0.15) is 31.1 Å². The molecule has 1 aliphatic rings. The lowest BCUT2D eigenvalue weighted by molar-refractivity contribution is -0.137. The summed E-state index contributed by atoms with van der Waals surface area (Å²) in [5.74, 6) is 0.483. The first-order valence-corrected chi connectivity index (χ1v) is 9.05. The summed E-state index contributed by atoms with van der Waals surface area (Å²) >= 11 is 0. The first kappa shape index (κ1) is 22.0. The quantitative estimate of drug-likeness (QED) is 0.602. The van der Waals surface area contributed by atoms with Gasteiger partial charge in [-0.3, -0.25) is 9.79 Å². The first-order valence-electron chi connectivity index (χ1n) is 9.05. The number of halogens is 3. The number of amides is 1. The van der Waals surface area contributed by atoms with Gasteiger partial charge in [-0.05, 0) is 31.5 Å². The predicted molar refractivity (Wildman–Crippen MR) is 101 cm³/mol. The maximum Gasteiger partial charge on any atom is 0.416 e. The smallest absolute Gasteiger partial charge is 0.370 e. The molecule has 0 saturated carbocycles. The molecule has 1 heterocycles. The molecule has 1 saturated heterocycles. The molecule has 1 fully saturated rings. The number of carbonyl (C=O) groups excluding carboxylic acids is 1. The molecule has 1 aliphatic heterocycles. The maximum atomic E-state index is 13.0. The lowest BCUT2D eigenvalue weighted by atomic mass is 9.92. The SMILES string of the molecule is CN=C(NCC(C)(C)C(=O)NC)N1CCOC(c2cccc(C(F)(F)F)c2)C1. The van der Waals surface area contributed by atoms with Crippen molar-refractivity contribution >= 4 is 11.9 Å². The molecule has 28 heavy (non-hydrogen) atoms. The Labute approximate surface area is 163 Å². The Morgan fingerprint density at radius 3 is 2.68 bits per heavy atom. The number of aliphatic imine (C=N–C) groups is 1. The number of carbonyl (C=O) groups is 1. The number of hydrogen-bond acceptors (Lipinski definition) is 3. The number of alkyl halides is 3. The third kappa shape index (κ3) is 5.37. The zero-order valence-electron chi connectivity index (χ0n) is 16.6. The van der Waals surface area contributed by atoms with E-state index in [-0.39, 0.29) is 5.91 Å². The average Bonchev–Trinajstić information content (AvgIpc) is 2.67. The topological polar surface area (TPSA) is 66.0 Å². The summed E-state index contributed by atoms with van der Waals surface area (Å²) in [6.45, 7) is 5.27. The molecule has 0 radical (unpaired) electrons. The van der Waals surface area contributed by atoms with Crippen LogP contribution in [0.5, 0.6) is 0 Å². The summed E-state index contributed by atoms with van der Waals surface area (Å²) in [6.07, 6.45) is -4.89. The largest absolute Gasteiger partial charge is 0.416 e. The molecule has 1 amide bonds. The molecule has 1 aromatic rings. The molecule has 9 heteroatoms. The zero-order valence-corrected chi connectivity index (χ0v) is 16.6. The second-order valence-corrected chi connectivity index (χ2v) is 7.29. The lowest BCUT2D eigenvalue weighted by Crippen LogP contribution is -2.51.